The molecule has 0 bridgehead atoms. The average molecular weight is 513 g/mol. The predicted molar refractivity (Wildman–Crippen MR) is 131 cm³/mol. The summed E-state index contributed by atoms with van der Waals surface area (Å²) in [7, 11) is 3.55. The van der Waals surface area contributed by atoms with E-state index in [2.05, 4.69) is 46.0 Å². The molecule has 1 aliphatic carbocycles. The fourth-order valence-electron chi connectivity index (χ4n) is 4.22. The zero-order chi connectivity index (χ0) is 19.7. The van der Waals surface area contributed by atoms with Gasteiger partial charge in [-0.25, -0.2) is 0 Å². The molecule has 29 heavy (non-hydrogen) atoms. The molecule has 0 saturated carbocycles. The zero-order valence-electron chi connectivity index (χ0n) is 17.8. The van der Waals surface area contributed by atoms with Crippen molar-refractivity contribution in [2.24, 2.45) is 4.99 Å². The molecule has 1 fully saturated rings. The summed E-state index contributed by atoms with van der Waals surface area (Å²) in [6.07, 6.45) is 10.7. The first-order valence-electron chi connectivity index (χ1n) is 10.6. The van der Waals surface area contributed by atoms with Gasteiger partial charge in [0, 0.05) is 38.8 Å². The quantitative estimate of drug-likeness (QED) is 0.246. The summed E-state index contributed by atoms with van der Waals surface area (Å²) in [6, 6.07) is 8.49. The predicted octanol–water partition coefficient (Wildman–Crippen LogP) is 4.42. The molecule has 2 aliphatic rings. The number of hydrogen-bond donors (Lipinski definition) is 2. The molecule has 1 aliphatic heterocycles. The van der Waals surface area contributed by atoms with Crippen LogP contribution in [0.4, 0.5) is 0 Å². The number of nitrogens with zero attached hydrogens (tertiary/aromatic N) is 1. The number of halogens is 1. The van der Waals surface area contributed by atoms with Crippen LogP contribution >= 0.6 is 24.0 Å². The molecule has 1 saturated heterocycles. The lowest BCUT2D eigenvalue weighted by molar-refractivity contribution is 0.0513. The normalized spacial score (nSPS) is 19.0. The number of allylic oxidation sites excluding steroid dienone is 1. The molecule has 0 atom stereocenters. The first-order valence-corrected chi connectivity index (χ1v) is 10.6. The van der Waals surface area contributed by atoms with Gasteiger partial charge in [-0.05, 0) is 62.6 Å². The summed E-state index contributed by atoms with van der Waals surface area (Å²) in [4.78, 5) is 4.43. The smallest absolute Gasteiger partial charge is 0.191 e. The summed E-state index contributed by atoms with van der Waals surface area (Å²) in [5.74, 6) is 1.78. The lowest BCUT2D eigenvalue weighted by Gasteiger charge is -2.38. The van der Waals surface area contributed by atoms with E-state index in [1.165, 1.54) is 31.2 Å². The molecule has 3 rings (SSSR count). The Bertz CT molecular complexity index is 667. The van der Waals surface area contributed by atoms with E-state index >= 15 is 0 Å². The van der Waals surface area contributed by atoms with Crippen LogP contribution < -0.4 is 15.4 Å². The Kier molecular flexibility index (Phi) is 10.3. The van der Waals surface area contributed by atoms with E-state index in [0.29, 0.717) is 0 Å². The number of ether oxygens (including phenoxy) is 2. The summed E-state index contributed by atoms with van der Waals surface area (Å²) in [5.41, 5.74) is 2.99. The van der Waals surface area contributed by atoms with Crippen molar-refractivity contribution in [3.63, 3.8) is 0 Å². The van der Waals surface area contributed by atoms with Gasteiger partial charge in [-0.1, -0.05) is 23.8 Å². The molecule has 0 spiro atoms. The van der Waals surface area contributed by atoms with E-state index < -0.39 is 0 Å². The fraction of sp³-hybridized carbons (Fsp3) is 0.609. The third-order valence-electron chi connectivity index (χ3n) is 6.09. The maximum Gasteiger partial charge on any atom is 0.191 e. The Morgan fingerprint density at radius 1 is 1.14 bits per heavy atom. The maximum atomic E-state index is 5.65. The van der Waals surface area contributed by atoms with Crippen LogP contribution in [0.15, 0.2) is 40.9 Å². The van der Waals surface area contributed by atoms with Gasteiger partial charge in [0.25, 0.3) is 0 Å². The monoisotopic (exact) mass is 513 g/mol. The molecule has 5 nitrogen and oxygen atoms in total. The zero-order valence-corrected chi connectivity index (χ0v) is 20.2. The number of guanidine groups is 1. The molecule has 1 aromatic rings. The summed E-state index contributed by atoms with van der Waals surface area (Å²) in [5, 5.41) is 7.07. The molecule has 6 heteroatoms. The van der Waals surface area contributed by atoms with Gasteiger partial charge in [0.1, 0.15) is 5.75 Å². The first-order chi connectivity index (χ1) is 13.8. The lowest BCUT2D eigenvalue weighted by Crippen LogP contribution is -2.48. The van der Waals surface area contributed by atoms with Gasteiger partial charge in [-0.2, -0.15) is 0 Å². The van der Waals surface area contributed by atoms with E-state index in [4.69, 9.17) is 9.47 Å². The third-order valence-corrected chi connectivity index (χ3v) is 6.09. The second-order valence-corrected chi connectivity index (χ2v) is 7.83. The van der Waals surface area contributed by atoms with Crippen LogP contribution in [0.25, 0.3) is 0 Å². The van der Waals surface area contributed by atoms with E-state index in [9.17, 15) is 0 Å². The minimum absolute atomic E-state index is 0. The Labute approximate surface area is 192 Å². The molecule has 2 N–H and O–H groups in total. The SMILES string of the molecule is CN=C(NCCC1=CCCCC1)NCC1(c2ccc(OC)cc2)CCOCC1.I. The van der Waals surface area contributed by atoms with Crippen molar-refractivity contribution in [3.05, 3.63) is 41.5 Å². The molecule has 162 valence electrons. The van der Waals surface area contributed by atoms with Crippen LogP contribution in [0.1, 0.15) is 50.5 Å². The summed E-state index contributed by atoms with van der Waals surface area (Å²) >= 11 is 0. The van der Waals surface area contributed by atoms with Gasteiger partial charge in [0.15, 0.2) is 5.96 Å². The van der Waals surface area contributed by atoms with Crippen LogP contribution in [-0.2, 0) is 10.2 Å². The maximum absolute atomic E-state index is 5.65. The van der Waals surface area contributed by atoms with Gasteiger partial charge in [0.05, 0.1) is 7.11 Å². The van der Waals surface area contributed by atoms with Crippen LogP contribution in [0.3, 0.4) is 0 Å². The van der Waals surface area contributed by atoms with Crippen molar-refractivity contribution < 1.29 is 9.47 Å². The molecule has 1 heterocycles. The Balaban J connectivity index is 0.00000300. The Hall–Kier alpha value is -1.28. The summed E-state index contributed by atoms with van der Waals surface area (Å²) < 4.78 is 11.0. The average Bonchev–Trinajstić information content (AvgIpc) is 2.77. The van der Waals surface area contributed by atoms with Crippen molar-refractivity contribution in [2.75, 3.05) is 40.5 Å². The standard InChI is InChI=1S/C23H35N3O2.HI/c1-24-22(25-15-12-19-6-4-3-5-7-19)26-18-23(13-16-28-17-14-23)20-8-10-21(27-2)11-9-20;/h6,8-11H,3-5,7,12-18H2,1-2H3,(H2,24,25,26);1H. The first kappa shape index (κ1) is 24.0. The lowest BCUT2D eigenvalue weighted by atomic mass is 9.74. The molecular weight excluding hydrogens is 477 g/mol. The van der Waals surface area contributed by atoms with Crippen LogP contribution in [-0.4, -0.2) is 46.4 Å². The van der Waals surface area contributed by atoms with E-state index in [0.717, 1.165) is 57.3 Å². The van der Waals surface area contributed by atoms with Crippen molar-refractivity contribution in [2.45, 2.75) is 50.4 Å². The second kappa shape index (κ2) is 12.4. The number of benzene rings is 1. The molecule has 1 aromatic carbocycles. The number of nitrogens with one attached hydrogen (secondary N) is 2. The third kappa shape index (κ3) is 6.88. The van der Waals surface area contributed by atoms with E-state index in [1.807, 2.05) is 7.05 Å². The largest absolute Gasteiger partial charge is 0.497 e. The fourth-order valence-corrected chi connectivity index (χ4v) is 4.22. The molecule has 0 amide bonds. The highest BCUT2D eigenvalue weighted by molar-refractivity contribution is 14.0. The minimum Gasteiger partial charge on any atom is -0.497 e. The van der Waals surface area contributed by atoms with Gasteiger partial charge in [0.2, 0.25) is 0 Å². The van der Waals surface area contributed by atoms with Gasteiger partial charge < -0.3 is 20.1 Å². The van der Waals surface area contributed by atoms with E-state index in [1.54, 1.807) is 12.7 Å². The minimum atomic E-state index is 0. The summed E-state index contributed by atoms with van der Waals surface area (Å²) in [6.45, 7) is 3.39. The van der Waals surface area contributed by atoms with Crippen molar-refractivity contribution in [1.82, 2.24) is 10.6 Å². The number of methoxy groups -OCH3 is 1. The molecule has 0 radical (unpaired) electrons. The number of hydrogen-bond acceptors (Lipinski definition) is 3. The second-order valence-electron chi connectivity index (χ2n) is 7.83. The number of aliphatic imine (C=N–C) groups is 1. The highest BCUT2D eigenvalue weighted by Crippen LogP contribution is 2.35. The number of rotatable bonds is 7. The van der Waals surface area contributed by atoms with Gasteiger partial charge in [-0.3, -0.25) is 4.99 Å². The van der Waals surface area contributed by atoms with Gasteiger partial charge >= 0.3 is 0 Å². The molecule has 0 unspecified atom stereocenters. The van der Waals surface area contributed by atoms with Crippen LogP contribution in [0, 0.1) is 0 Å². The van der Waals surface area contributed by atoms with Crippen molar-refractivity contribution in [1.29, 1.82) is 0 Å². The highest BCUT2D eigenvalue weighted by Gasteiger charge is 2.34. The van der Waals surface area contributed by atoms with Crippen molar-refractivity contribution in [3.8, 4) is 5.75 Å². The highest BCUT2D eigenvalue weighted by atomic mass is 127. The van der Waals surface area contributed by atoms with E-state index in [-0.39, 0.29) is 29.4 Å². The van der Waals surface area contributed by atoms with Gasteiger partial charge in [-0.15, -0.1) is 24.0 Å². The Morgan fingerprint density at radius 2 is 1.90 bits per heavy atom. The van der Waals surface area contributed by atoms with Crippen LogP contribution in [0.5, 0.6) is 5.75 Å². The Morgan fingerprint density at radius 3 is 2.52 bits per heavy atom. The molecular formula is C23H36IN3O2. The van der Waals surface area contributed by atoms with Crippen molar-refractivity contribution >= 4 is 29.9 Å². The topological polar surface area (TPSA) is 54.9 Å². The molecule has 0 aromatic heterocycles. The van der Waals surface area contributed by atoms with Crippen LogP contribution in [0.2, 0.25) is 0 Å².